The van der Waals surface area contributed by atoms with E-state index in [-0.39, 0.29) is 5.56 Å². The molecular weight excluding hydrogens is 361 g/mol. The Morgan fingerprint density at radius 3 is 2.42 bits per heavy atom. The van der Waals surface area contributed by atoms with Gasteiger partial charge in [0.2, 0.25) is 0 Å². The van der Waals surface area contributed by atoms with Gasteiger partial charge >= 0.3 is 6.18 Å². The maximum atomic E-state index is 14.2. The lowest BCUT2D eigenvalue weighted by molar-refractivity contribution is -0.145. The fourth-order valence-corrected chi connectivity index (χ4v) is 2.63. The lowest BCUT2D eigenvalue weighted by Gasteiger charge is -2.30. The first kappa shape index (κ1) is 18.0. The molecular formula is C15H12F5N5O. The van der Waals surface area contributed by atoms with Crippen LogP contribution >= 0.6 is 0 Å². The minimum absolute atomic E-state index is 0.378. The first-order valence-corrected chi connectivity index (χ1v) is 7.27. The van der Waals surface area contributed by atoms with Gasteiger partial charge in [-0.25, -0.2) is 23.4 Å². The molecule has 1 atom stereocenters. The molecule has 3 rings (SSSR count). The predicted molar refractivity (Wildman–Crippen MR) is 77.5 cm³/mol. The molecule has 26 heavy (non-hydrogen) atoms. The van der Waals surface area contributed by atoms with Gasteiger partial charge in [0.25, 0.3) is 0 Å². The first-order valence-electron chi connectivity index (χ1n) is 7.27. The minimum atomic E-state index is -4.72. The molecule has 0 saturated carbocycles. The molecule has 2 aromatic heterocycles. The zero-order valence-corrected chi connectivity index (χ0v) is 13.0. The van der Waals surface area contributed by atoms with E-state index in [1.807, 2.05) is 0 Å². The number of hydrogen-bond donors (Lipinski definition) is 1. The lowest BCUT2D eigenvalue weighted by atomic mass is 9.92. The van der Waals surface area contributed by atoms with E-state index in [0.29, 0.717) is 16.8 Å². The van der Waals surface area contributed by atoms with Gasteiger partial charge in [0.1, 0.15) is 35.6 Å². The Bertz CT molecular complexity index is 892. The third kappa shape index (κ3) is 3.57. The molecule has 0 aliphatic heterocycles. The zero-order chi connectivity index (χ0) is 18.9. The fourth-order valence-electron chi connectivity index (χ4n) is 2.63. The van der Waals surface area contributed by atoms with Crippen molar-refractivity contribution in [3.63, 3.8) is 0 Å². The van der Waals surface area contributed by atoms with E-state index in [2.05, 4.69) is 15.1 Å². The smallest absolute Gasteiger partial charge is 0.381 e. The van der Waals surface area contributed by atoms with Gasteiger partial charge in [-0.3, -0.25) is 0 Å². The van der Waals surface area contributed by atoms with Crippen molar-refractivity contribution in [2.45, 2.75) is 24.9 Å². The Morgan fingerprint density at radius 1 is 1.04 bits per heavy atom. The number of imidazole rings is 1. The molecule has 1 N–H and O–H groups in total. The average molecular weight is 373 g/mol. The van der Waals surface area contributed by atoms with Gasteiger partial charge in [-0.05, 0) is 6.07 Å². The van der Waals surface area contributed by atoms with E-state index in [0.717, 1.165) is 29.5 Å². The van der Waals surface area contributed by atoms with Gasteiger partial charge in [0, 0.05) is 11.6 Å². The fraction of sp³-hybridized carbons (Fsp3) is 0.267. The van der Waals surface area contributed by atoms with Crippen molar-refractivity contribution in [3.8, 4) is 0 Å². The monoisotopic (exact) mass is 373 g/mol. The largest absolute Gasteiger partial charge is 0.432 e. The highest BCUT2D eigenvalue weighted by atomic mass is 19.4. The highest BCUT2D eigenvalue weighted by molar-refractivity contribution is 5.25. The van der Waals surface area contributed by atoms with Crippen LogP contribution in [0.3, 0.4) is 0 Å². The van der Waals surface area contributed by atoms with Crippen LogP contribution in [0.25, 0.3) is 0 Å². The summed E-state index contributed by atoms with van der Waals surface area (Å²) >= 11 is 0. The highest BCUT2D eigenvalue weighted by Gasteiger charge is 2.39. The van der Waals surface area contributed by atoms with E-state index < -0.39 is 42.2 Å². The van der Waals surface area contributed by atoms with E-state index in [9.17, 15) is 27.1 Å². The molecule has 1 aromatic carbocycles. The summed E-state index contributed by atoms with van der Waals surface area (Å²) in [6.45, 7) is -1.10. The van der Waals surface area contributed by atoms with Crippen molar-refractivity contribution in [2.75, 3.05) is 0 Å². The van der Waals surface area contributed by atoms with Gasteiger partial charge in [0.05, 0.1) is 25.6 Å². The first-order chi connectivity index (χ1) is 12.2. The highest BCUT2D eigenvalue weighted by Crippen LogP contribution is 2.33. The lowest BCUT2D eigenvalue weighted by Crippen LogP contribution is -2.38. The molecule has 0 amide bonds. The van der Waals surface area contributed by atoms with Crippen molar-refractivity contribution in [1.29, 1.82) is 0 Å². The Morgan fingerprint density at radius 2 is 1.81 bits per heavy atom. The molecule has 0 fully saturated rings. The Kier molecular flexibility index (Phi) is 4.48. The average Bonchev–Trinajstić information content (AvgIpc) is 3.17. The SMILES string of the molecule is OC(Cn1cncn1)(Cn1cncc1C(F)(F)F)c1ccc(F)cc1F. The number of hydrogen-bond acceptors (Lipinski definition) is 4. The molecule has 2 heterocycles. The van der Waals surface area contributed by atoms with Gasteiger partial charge in [-0.1, -0.05) is 6.07 Å². The second-order valence-electron chi connectivity index (χ2n) is 5.65. The van der Waals surface area contributed by atoms with Gasteiger partial charge in [-0.2, -0.15) is 18.3 Å². The van der Waals surface area contributed by atoms with E-state index in [1.165, 1.54) is 6.33 Å². The normalized spacial score (nSPS) is 14.4. The summed E-state index contributed by atoms with van der Waals surface area (Å²) < 4.78 is 68.5. The summed E-state index contributed by atoms with van der Waals surface area (Å²) in [4.78, 5) is 7.12. The number of halogens is 5. The van der Waals surface area contributed by atoms with Crippen molar-refractivity contribution in [1.82, 2.24) is 24.3 Å². The molecule has 1 unspecified atom stereocenters. The minimum Gasteiger partial charge on any atom is -0.381 e. The van der Waals surface area contributed by atoms with Crippen LogP contribution in [-0.4, -0.2) is 29.4 Å². The Hall–Kier alpha value is -2.82. The van der Waals surface area contributed by atoms with Crippen molar-refractivity contribution in [2.24, 2.45) is 0 Å². The number of aromatic nitrogens is 5. The summed E-state index contributed by atoms with van der Waals surface area (Å²) in [6.07, 6.45) is -0.885. The van der Waals surface area contributed by atoms with Crippen LogP contribution in [0.5, 0.6) is 0 Å². The Labute approximate surface area is 143 Å². The summed E-state index contributed by atoms with van der Waals surface area (Å²) in [5.41, 5.74) is -3.67. The van der Waals surface area contributed by atoms with Crippen LogP contribution in [0.1, 0.15) is 11.3 Å². The molecule has 3 aromatic rings. The molecule has 0 aliphatic rings. The molecule has 0 aliphatic carbocycles. The number of benzene rings is 1. The van der Waals surface area contributed by atoms with Crippen molar-refractivity contribution >= 4 is 0 Å². The maximum absolute atomic E-state index is 14.2. The van der Waals surface area contributed by atoms with Crippen LogP contribution in [-0.2, 0) is 24.9 Å². The third-order valence-corrected chi connectivity index (χ3v) is 3.76. The van der Waals surface area contributed by atoms with Crippen molar-refractivity contribution in [3.05, 3.63) is 66.3 Å². The number of alkyl halides is 3. The molecule has 6 nitrogen and oxygen atoms in total. The quantitative estimate of drug-likeness (QED) is 0.698. The van der Waals surface area contributed by atoms with Crippen LogP contribution in [0, 0.1) is 11.6 Å². The third-order valence-electron chi connectivity index (χ3n) is 3.76. The molecule has 0 radical (unpaired) electrons. The molecule has 0 saturated heterocycles. The van der Waals surface area contributed by atoms with E-state index in [1.54, 1.807) is 0 Å². The Balaban J connectivity index is 2.05. The summed E-state index contributed by atoms with van der Waals surface area (Å²) in [6, 6.07) is 2.43. The standard InChI is InChI=1S/C15H12F5N5O/c16-10-1-2-11(12(17)3-10)14(26,6-25-9-22-7-23-25)5-24-8-21-4-13(24)15(18,19)20/h1-4,7-9,26H,5-6H2. The maximum Gasteiger partial charge on any atom is 0.432 e. The number of rotatable bonds is 5. The predicted octanol–water partition coefficient (Wildman–Crippen LogP) is 2.36. The molecule has 0 spiro atoms. The molecule has 11 heteroatoms. The second-order valence-corrected chi connectivity index (χ2v) is 5.65. The number of aliphatic hydroxyl groups is 1. The molecule has 0 bridgehead atoms. The van der Waals surface area contributed by atoms with Gasteiger partial charge < -0.3 is 9.67 Å². The van der Waals surface area contributed by atoms with Gasteiger partial charge in [-0.15, -0.1) is 0 Å². The second kappa shape index (κ2) is 6.48. The topological polar surface area (TPSA) is 68.8 Å². The van der Waals surface area contributed by atoms with Crippen LogP contribution in [0.15, 0.2) is 43.4 Å². The van der Waals surface area contributed by atoms with Crippen LogP contribution in [0.4, 0.5) is 22.0 Å². The van der Waals surface area contributed by atoms with Crippen molar-refractivity contribution < 1.29 is 27.1 Å². The zero-order valence-electron chi connectivity index (χ0n) is 13.0. The number of nitrogens with zero attached hydrogens (tertiary/aromatic N) is 5. The van der Waals surface area contributed by atoms with Gasteiger partial charge in [0.15, 0.2) is 0 Å². The van der Waals surface area contributed by atoms with E-state index >= 15 is 0 Å². The summed E-state index contributed by atoms with van der Waals surface area (Å²) in [5.74, 6) is -1.98. The summed E-state index contributed by atoms with van der Waals surface area (Å²) in [5, 5.41) is 14.8. The van der Waals surface area contributed by atoms with E-state index in [4.69, 9.17) is 0 Å². The molecule has 138 valence electrons. The van der Waals surface area contributed by atoms with Crippen LogP contribution < -0.4 is 0 Å². The van der Waals surface area contributed by atoms with Crippen LogP contribution in [0.2, 0.25) is 0 Å². The summed E-state index contributed by atoms with van der Waals surface area (Å²) in [7, 11) is 0.